The maximum atomic E-state index is 12.5. The number of aryl methyl sites for hydroxylation is 1. The Hall–Kier alpha value is -0.690. The van der Waals surface area contributed by atoms with E-state index >= 15 is 0 Å². The van der Waals surface area contributed by atoms with E-state index in [-0.39, 0.29) is 5.56 Å². The van der Waals surface area contributed by atoms with Crippen LogP contribution in [-0.2, 0) is 5.66 Å². The molecule has 2 N–H and O–H groups in total. The molecule has 1 saturated heterocycles. The minimum Gasteiger partial charge on any atom is -0.373 e. The summed E-state index contributed by atoms with van der Waals surface area (Å²) >= 11 is 3.33. The second-order valence-electron chi connectivity index (χ2n) is 5.58. The fraction of sp³-hybridized carbons (Fsp3) is 0.615. The van der Waals surface area contributed by atoms with E-state index in [9.17, 15) is 9.90 Å². The lowest BCUT2D eigenvalue weighted by Crippen LogP contribution is -2.53. The predicted molar refractivity (Wildman–Crippen MR) is 75.9 cm³/mol. The molecular formula is C13H18BrN3O2. The summed E-state index contributed by atoms with van der Waals surface area (Å²) in [6, 6.07) is 1.78. The minimum absolute atomic E-state index is 0.0609. The maximum Gasteiger partial charge on any atom is 0.266 e. The van der Waals surface area contributed by atoms with Gasteiger partial charge in [-0.05, 0) is 54.4 Å². The fourth-order valence-corrected chi connectivity index (χ4v) is 3.75. The molecule has 3 heterocycles. The average molecular weight is 328 g/mol. The van der Waals surface area contributed by atoms with Crippen molar-refractivity contribution in [1.82, 2.24) is 14.8 Å². The van der Waals surface area contributed by atoms with Crippen molar-refractivity contribution in [3.63, 3.8) is 0 Å². The third-order valence-corrected chi connectivity index (χ3v) is 4.87. The lowest BCUT2D eigenvalue weighted by atomic mass is 9.97. The summed E-state index contributed by atoms with van der Waals surface area (Å²) in [6.45, 7) is 3.75. The molecular weight excluding hydrogens is 310 g/mol. The zero-order valence-corrected chi connectivity index (χ0v) is 12.7. The average Bonchev–Trinajstić information content (AvgIpc) is 2.64. The van der Waals surface area contributed by atoms with Crippen LogP contribution in [0.25, 0.3) is 0 Å². The number of aliphatic hydroxyl groups excluding tert-OH is 1. The topological polar surface area (TPSA) is 57.5 Å². The molecule has 0 aliphatic carbocycles. The Kier molecular flexibility index (Phi) is 3.09. The maximum absolute atomic E-state index is 12.5. The summed E-state index contributed by atoms with van der Waals surface area (Å²) in [5.41, 5.74) is 1.14. The first-order valence-corrected chi connectivity index (χ1v) is 7.31. The molecule has 0 saturated carbocycles. The van der Waals surface area contributed by atoms with Gasteiger partial charge in [-0.15, -0.1) is 0 Å². The summed E-state index contributed by atoms with van der Waals surface area (Å²) in [6.07, 6.45) is 0.886. The number of nitrogens with one attached hydrogen (secondary N) is 1. The standard InChI is InChI=1S/C13H18BrN3O2/c1-8-7-9(14)12(19)17-10(8)11(18)15-13(17)3-5-16(2)6-4-13/h7,11,15,18H,3-6H2,1-2H3. The Labute approximate surface area is 120 Å². The third-order valence-electron chi connectivity index (χ3n) is 4.30. The van der Waals surface area contributed by atoms with E-state index in [4.69, 9.17) is 0 Å². The molecule has 19 heavy (non-hydrogen) atoms. The zero-order chi connectivity index (χ0) is 13.8. The van der Waals surface area contributed by atoms with Crippen molar-refractivity contribution in [2.24, 2.45) is 0 Å². The number of pyridine rings is 1. The predicted octanol–water partition coefficient (Wildman–Crippen LogP) is 0.892. The normalized spacial score (nSPS) is 25.8. The molecule has 1 spiro atoms. The number of likely N-dealkylation sites (tertiary alicyclic amines) is 1. The number of aromatic nitrogens is 1. The summed E-state index contributed by atoms with van der Waals surface area (Å²) < 4.78 is 2.33. The first-order chi connectivity index (χ1) is 8.94. The van der Waals surface area contributed by atoms with Crippen LogP contribution in [0.1, 0.15) is 30.3 Å². The fourth-order valence-electron chi connectivity index (χ4n) is 3.22. The van der Waals surface area contributed by atoms with Crippen LogP contribution in [0.3, 0.4) is 0 Å². The largest absolute Gasteiger partial charge is 0.373 e. The van der Waals surface area contributed by atoms with Crippen LogP contribution >= 0.6 is 15.9 Å². The number of halogens is 1. The van der Waals surface area contributed by atoms with Crippen molar-refractivity contribution >= 4 is 15.9 Å². The Bertz CT molecular complexity index is 576. The Balaban J connectivity index is 2.19. The molecule has 2 aliphatic rings. The monoisotopic (exact) mass is 327 g/mol. The van der Waals surface area contributed by atoms with Gasteiger partial charge in [0.15, 0.2) is 0 Å². The highest BCUT2D eigenvalue weighted by Crippen LogP contribution is 2.37. The molecule has 0 aromatic carbocycles. The van der Waals surface area contributed by atoms with Gasteiger partial charge in [0.25, 0.3) is 5.56 Å². The minimum atomic E-state index is -0.760. The molecule has 0 amide bonds. The van der Waals surface area contributed by atoms with Crippen LogP contribution in [0, 0.1) is 6.92 Å². The summed E-state index contributed by atoms with van der Waals surface area (Å²) in [4.78, 5) is 14.7. The van der Waals surface area contributed by atoms with E-state index in [1.54, 1.807) is 10.6 Å². The molecule has 3 rings (SSSR count). The van der Waals surface area contributed by atoms with Crippen molar-refractivity contribution in [2.75, 3.05) is 20.1 Å². The number of hydrogen-bond donors (Lipinski definition) is 2. The molecule has 1 fully saturated rings. The summed E-state index contributed by atoms with van der Waals surface area (Å²) in [7, 11) is 2.08. The van der Waals surface area contributed by atoms with E-state index in [0.717, 1.165) is 31.5 Å². The van der Waals surface area contributed by atoms with Crippen molar-refractivity contribution < 1.29 is 5.11 Å². The Morgan fingerprint density at radius 2 is 2.11 bits per heavy atom. The smallest absolute Gasteiger partial charge is 0.266 e. The summed E-state index contributed by atoms with van der Waals surface area (Å²) in [5.74, 6) is 0. The number of piperidine rings is 1. The highest BCUT2D eigenvalue weighted by atomic mass is 79.9. The SMILES string of the molecule is Cc1cc(Br)c(=O)n2c1C(O)NC21CCN(C)CC1. The molecule has 0 bridgehead atoms. The van der Waals surface area contributed by atoms with Gasteiger partial charge in [-0.25, -0.2) is 0 Å². The van der Waals surface area contributed by atoms with Gasteiger partial charge in [-0.2, -0.15) is 0 Å². The molecule has 1 unspecified atom stereocenters. The van der Waals surface area contributed by atoms with Crippen LogP contribution < -0.4 is 10.9 Å². The highest BCUT2D eigenvalue weighted by Gasteiger charge is 2.45. The second-order valence-corrected chi connectivity index (χ2v) is 6.44. The van der Waals surface area contributed by atoms with Crippen LogP contribution in [0.2, 0.25) is 0 Å². The third kappa shape index (κ3) is 1.89. The van der Waals surface area contributed by atoms with Crippen molar-refractivity contribution in [3.8, 4) is 0 Å². The lowest BCUT2D eigenvalue weighted by molar-refractivity contribution is 0.0570. The van der Waals surface area contributed by atoms with Crippen LogP contribution in [0.15, 0.2) is 15.3 Å². The molecule has 6 heteroatoms. The summed E-state index contributed by atoms with van der Waals surface area (Å²) in [5, 5.41) is 13.5. The number of aliphatic hydroxyl groups is 1. The van der Waals surface area contributed by atoms with Gasteiger partial charge in [-0.3, -0.25) is 14.7 Å². The van der Waals surface area contributed by atoms with Crippen LogP contribution in [0.4, 0.5) is 0 Å². The van der Waals surface area contributed by atoms with Gasteiger partial charge in [0, 0.05) is 13.1 Å². The molecule has 1 atom stereocenters. The molecule has 1 aromatic heterocycles. The second kappa shape index (κ2) is 4.41. The number of rotatable bonds is 0. The number of hydrogen-bond acceptors (Lipinski definition) is 4. The van der Waals surface area contributed by atoms with Gasteiger partial charge in [0.05, 0.1) is 10.2 Å². The van der Waals surface area contributed by atoms with Gasteiger partial charge in [0.1, 0.15) is 11.9 Å². The van der Waals surface area contributed by atoms with Gasteiger partial charge in [0.2, 0.25) is 0 Å². The number of fused-ring (bicyclic) bond motifs is 2. The van der Waals surface area contributed by atoms with Gasteiger partial charge < -0.3 is 10.0 Å². The number of nitrogens with zero attached hydrogens (tertiary/aromatic N) is 2. The molecule has 2 aliphatic heterocycles. The first kappa shape index (κ1) is 13.3. The van der Waals surface area contributed by atoms with Gasteiger partial charge in [-0.1, -0.05) is 0 Å². The van der Waals surface area contributed by atoms with E-state index in [0.29, 0.717) is 10.2 Å². The lowest BCUT2D eigenvalue weighted by Gasteiger charge is -2.39. The molecule has 0 radical (unpaired) electrons. The molecule has 104 valence electrons. The Morgan fingerprint density at radius 1 is 1.47 bits per heavy atom. The highest BCUT2D eigenvalue weighted by molar-refractivity contribution is 9.10. The molecule has 1 aromatic rings. The van der Waals surface area contributed by atoms with Crippen molar-refractivity contribution in [2.45, 2.75) is 31.7 Å². The van der Waals surface area contributed by atoms with Crippen molar-refractivity contribution in [1.29, 1.82) is 0 Å². The van der Waals surface area contributed by atoms with Crippen LogP contribution in [-0.4, -0.2) is 34.7 Å². The van der Waals surface area contributed by atoms with Crippen LogP contribution in [0.5, 0.6) is 0 Å². The quantitative estimate of drug-likeness (QED) is 0.743. The zero-order valence-electron chi connectivity index (χ0n) is 11.1. The van der Waals surface area contributed by atoms with E-state index in [1.165, 1.54) is 0 Å². The van der Waals surface area contributed by atoms with Crippen molar-refractivity contribution in [3.05, 3.63) is 32.2 Å². The Morgan fingerprint density at radius 3 is 2.74 bits per heavy atom. The molecule has 5 nitrogen and oxygen atoms in total. The van der Waals surface area contributed by atoms with E-state index in [2.05, 4.69) is 33.2 Å². The van der Waals surface area contributed by atoms with E-state index < -0.39 is 11.9 Å². The van der Waals surface area contributed by atoms with Gasteiger partial charge >= 0.3 is 0 Å². The van der Waals surface area contributed by atoms with E-state index in [1.807, 2.05) is 6.92 Å². The first-order valence-electron chi connectivity index (χ1n) is 6.51.